The van der Waals surface area contributed by atoms with Crippen LogP contribution in [0.3, 0.4) is 0 Å². The van der Waals surface area contributed by atoms with E-state index in [2.05, 4.69) is 25.4 Å². The summed E-state index contributed by atoms with van der Waals surface area (Å²) in [5.74, 6) is 0.181. The lowest BCUT2D eigenvalue weighted by Crippen LogP contribution is -2.24. The fourth-order valence-corrected chi connectivity index (χ4v) is 2.10. The van der Waals surface area contributed by atoms with Crippen LogP contribution in [0.4, 0.5) is 0 Å². The molecule has 0 bridgehead atoms. The lowest BCUT2D eigenvalue weighted by molar-refractivity contribution is 0.0941. The number of hydrogen-bond acceptors (Lipinski definition) is 6. The fraction of sp³-hybridized carbons (Fsp3) is 0.0714. The maximum absolute atomic E-state index is 12.1. The molecule has 3 aromatic rings. The molecule has 0 aliphatic carbocycles. The zero-order chi connectivity index (χ0) is 16.2. The molecule has 9 heteroatoms. The first-order valence-electron chi connectivity index (χ1n) is 6.47. The zero-order valence-corrected chi connectivity index (χ0v) is 13.0. The number of halogens is 2. The molecular weight excluding hydrogens is 341 g/mol. The molecule has 116 valence electrons. The number of nitrogens with zero attached hydrogens (tertiary/aromatic N) is 4. The van der Waals surface area contributed by atoms with Crippen molar-refractivity contribution in [1.82, 2.24) is 25.4 Å². The summed E-state index contributed by atoms with van der Waals surface area (Å²) in [4.78, 5) is 24.0. The largest absolute Gasteiger partial charge is 0.342 e. The molecule has 0 saturated heterocycles. The van der Waals surface area contributed by atoms with E-state index in [1.165, 1.54) is 12.1 Å². The van der Waals surface area contributed by atoms with Gasteiger partial charge in [-0.05, 0) is 24.3 Å². The normalized spacial score (nSPS) is 10.5. The van der Waals surface area contributed by atoms with E-state index in [-0.39, 0.29) is 28.3 Å². The van der Waals surface area contributed by atoms with Gasteiger partial charge in [-0.15, -0.1) is 0 Å². The van der Waals surface area contributed by atoms with E-state index in [0.29, 0.717) is 5.82 Å². The lowest BCUT2D eigenvalue weighted by atomic mass is 10.2. The van der Waals surface area contributed by atoms with Gasteiger partial charge in [0.15, 0.2) is 0 Å². The molecule has 0 radical (unpaired) electrons. The highest BCUT2D eigenvalue weighted by Gasteiger charge is 2.15. The Morgan fingerprint density at radius 3 is 2.70 bits per heavy atom. The van der Waals surface area contributed by atoms with Gasteiger partial charge < -0.3 is 9.84 Å². The van der Waals surface area contributed by atoms with E-state index in [1.807, 2.05) is 0 Å². The number of amides is 1. The molecule has 3 heterocycles. The maximum atomic E-state index is 12.1. The van der Waals surface area contributed by atoms with Gasteiger partial charge in [-0.25, -0.2) is 4.98 Å². The van der Waals surface area contributed by atoms with Gasteiger partial charge in [-0.1, -0.05) is 28.4 Å². The molecule has 0 aromatic carbocycles. The van der Waals surface area contributed by atoms with Gasteiger partial charge in [0, 0.05) is 18.0 Å². The first-order valence-corrected chi connectivity index (χ1v) is 7.22. The molecule has 3 aromatic heterocycles. The van der Waals surface area contributed by atoms with E-state index < -0.39 is 5.91 Å². The number of pyridine rings is 2. The van der Waals surface area contributed by atoms with Crippen LogP contribution in [0.25, 0.3) is 11.4 Å². The maximum Gasteiger partial charge on any atom is 0.271 e. The van der Waals surface area contributed by atoms with E-state index in [0.717, 1.165) is 5.56 Å². The van der Waals surface area contributed by atoms with Crippen molar-refractivity contribution < 1.29 is 9.32 Å². The molecule has 0 saturated carbocycles. The number of aromatic nitrogens is 4. The van der Waals surface area contributed by atoms with Crippen LogP contribution >= 0.6 is 23.2 Å². The molecule has 1 amide bonds. The van der Waals surface area contributed by atoms with Gasteiger partial charge in [-0.3, -0.25) is 9.78 Å². The Hall–Kier alpha value is -2.51. The van der Waals surface area contributed by atoms with Crippen molar-refractivity contribution in [3.05, 3.63) is 58.4 Å². The molecule has 0 atom stereocenters. The van der Waals surface area contributed by atoms with Gasteiger partial charge in [0.05, 0.1) is 11.6 Å². The predicted octanol–water partition coefficient (Wildman–Crippen LogP) is 2.76. The summed E-state index contributed by atoms with van der Waals surface area (Å²) in [5, 5.41) is 6.82. The Morgan fingerprint density at radius 2 is 1.91 bits per heavy atom. The second kappa shape index (κ2) is 6.72. The lowest BCUT2D eigenvalue weighted by Gasteiger charge is -2.03. The highest BCUT2D eigenvalue weighted by atomic mass is 35.5. The van der Waals surface area contributed by atoms with Gasteiger partial charge >= 0.3 is 0 Å². The van der Waals surface area contributed by atoms with E-state index in [1.54, 1.807) is 24.5 Å². The average Bonchev–Trinajstić information content (AvgIpc) is 3.05. The van der Waals surface area contributed by atoms with Crippen molar-refractivity contribution in [2.24, 2.45) is 0 Å². The summed E-state index contributed by atoms with van der Waals surface area (Å²) in [5.41, 5.74) is 0.800. The van der Waals surface area contributed by atoms with Crippen LogP contribution in [0.2, 0.25) is 10.2 Å². The molecule has 0 aliphatic heterocycles. The summed E-state index contributed by atoms with van der Waals surface area (Å²) in [6.07, 6.45) is 3.25. The molecular formula is C14H9Cl2N5O2. The summed E-state index contributed by atoms with van der Waals surface area (Å²) in [6, 6.07) is 6.51. The first-order chi connectivity index (χ1) is 11.1. The minimum absolute atomic E-state index is 0.0352. The third-order valence-corrected chi connectivity index (χ3v) is 3.35. The van der Waals surface area contributed by atoms with Crippen LogP contribution in [0, 0.1) is 0 Å². The molecule has 1 N–H and O–H groups in total. The highest BCUT2D eigenvalue weighted by molar-refractivity contribution is 6.34. The van der Waals surface area contributed by atoms with Crippen molar-refractivity contribution in [2.45, 2.75) is 6.54 Å². The van der Waals surface area contributed by atoms with E-state index in [4.69, 9.17) is 27.7 Å². The van der Waals surface area contributed by atoms with Crippen LogP contribution in [-0.2, 0) is 6.54 Å². The number of carbonyl (C=O) groups excluding carboxylic acids is 1. The topological polar surface area (TPSA) is 93.8 Å². The Morgan fingerprint density at radius 1 is 1.13 bits per heavy atom. The van der Waals surface area contributed by atoms with Crippen molar-refractivity contribution >= 4 is 29.1 Å². The summed E-state index contributed by atoms with van der Waals surface area (Å²) >= 11 is 11.7. The minimum atomic E-state index is -0.485. The van der Waals surface area contributed by atoms with Gasteiger partial charge in [0.25, 0.3) is 5.91 Å². The van der Waals surface area contributed by atoms with Crippen LogP contribution in [0.1, 0.15) is 16.4 Å². The van der Waals surface area contributed by atoms with Crippen molar-refractivity contribution in [2.75, 3.05) is 0 Å². The monoisotopic (exact) mass is 349 g/mol. The van der Waals surface area contributed by atoms with Crippen LogP contribution in [0.5, 0.6) is 0 Å². The molecule has 0 spiro atoms. The third-order valence-electron chi connectivity index (χ3n) is 2.83. The van der Waals surface area contributed by atoms with Crippen LogP contribution in [0.15, 0.2) is 41.2 Å². The number of nitrogens with one attached hydrogen (secondary N) is 1. The molecule has 3 rings (SSSR count). The fourth-order valence-electron chi connectivity index (χ4n) is 1.76. The van der Waals surface area contributed by atoms with E-state index >= 15 is 0 Å². The van der Waals surface area contributed by atoms with Crippen LogP contribution in [-0.4, -0.2) is 26.0 Å². The molecule has 0 unspecified atom stereocenters. The first kappa shape index (κ1) is 15.4. The Bertz CT molecular complexity index is 838. The Kier molecular flexibility index (Phi) is 4.50. The number of carbonyl (C=O) groups is 1. The second-order valence-electron chi connectivity index (χ2n) is 4.39. The zero-order valence-electron chi connectivity index (χ0n) is 11.5. The van der Waals surface area contributed by atoms with Crippen molar-refractivity contribution in [3.63, 3.8) is 0 Å². The summed E-state index contributed by atoms with van der Waals surface area (Å²) < 4.78 is 5.08. The van der Waals surface area contributed by atoms with Gasteiger partial charge in [0.2, 0.25) is 11.7 Å². The van der Waals surface area contributed by atoms with Crippen molar-refractivity contribution in [3.8, 4) is 11.4 Å². The molecule has 0 aliphatic rings. The minimum Gasteiger partial charge on any atom is -0.342 e. The van der Waals surface area contributed by atoms with Crippen LogP contribution < -0.4 is 5.32 Å². The molecule has 23 heavy (non-hydrogen) atoms. The van der Waals surface area contributed by atoms with Gasteiger partial charge in [0.1, 0.15) is 10.8 Å². The number of hydrogen-bond donors (Lipinski definition) is 1. The summed E-state index contributed by atoms with van der Waals surface area (Å²) in [7, 11) is 0. The molecule has 0 fully saturated rings. The number of rotatable bonds is 4. The molecule has 7 nitrogen and oxygen atoms in total. The smallest absolute Gasteiger partial charge is 0.271 e. The van der Waals surface area contributed by atoms with Crippen molar-refractivity contribution in [1.29, 1.82) is 0 Å². The average molecular weight is 350 g/mol. The summed E-state index contributed by atoms with van der Waals surface area (Å²) in [6.45, 7) is 0.0431. The van der Waals surface area contributed by atoms with Gasteiger partial charge in [-0.2, -0.15) is 4.98 Å². The standard InChI is InChI=1S/C14H9Cl2N5O2/c15-9-1-2-10(16)19-12(9)14(22)18-7-11-20-13(21-23-11)8-3-5-17-6-4-8/h1-6H,7H2,(H,18,22). The Balaban J connectivity index is 1.68. The second-order valence-corrected chi connectivity index (χ2v) is 5.19. The Labute approximate surface area is 140 Å². The quantitative estimate of drug-likeness (QED) is 0.727. The highest BCUT2D eigenvalue weighted by Crippen LogP contribution is 2.17. The predicted molar refractivity (Wildman–Crippen MR) is 83.0 cm³/mol. The van der Waals surface area contributed by atoms with E-state index in [9.17, 15) is 4.79 Å². The third kappa shape index (κ3) is 3.64. The SMILES string of the molecule is O=C(NCc1nc(-c2ccncc2)no1)c1nc(Cl)ccc1Cl.